The molecule has 0 fully saturated rings. The van der Waals surface area contributed by atoms with Crippen LogP contribution in [0.1, 0.15) is 15.9 Å². The number of hydrogen-bond donors (Lipinski definition) is 2. The number of benzene rings is 3. The van der Waals surface area contributed by atoms with Crippen LogP contribution in [0.4, 0.5) is 11.4 Å². The van der Waals surface area contributed by atoms with E-state index in [4.69, 9.17) is 9.47 Å². The van der Waals surface area contributed by atoms with Crippen LogP contribution in [0.5, 0.6) is 11.5 Å². The van der Waals surface area contributed by atoms with E-state index in [0.29, 0.717) is 28.4 Å². The monoisotopic (exact) mass is 402 g/mol. The number of carbonyl (C=O) groups excluding carboxylic acids is 2. The van der Waals surface area contributed by atoms with Gasteiger partial charge in [-0.05, 0) is 36.4 Å². The molecule has 0 unspecified atom stereocenters. The van der Waals surface area contributed by atoms with Crippen molar-refractivity contribution in [1.82, 2.24) is 0 Å². The first-order chi connectivity index (χ1) is 14.6. The lowest BCUT2D eigenvalue weighted by Gasteiger charge is -2.11. The van der Waals surface area contributed by atoms with E-state index in [1.807, 2.05) is 24.3 Å². The second-order valence-electron chi connectivity index (χ2n) is 6.30. The Hall–Kier alpha value is -4.06. The van der Waals surface area contributed by atoms with Crippen LogP contribution >= 0.6 is 0 Å². The summed E-state index contributed by atoms with van der Waals surface area (Å²) in [5.41, 5.74) is 2.13. The molecule has 0 heterocycles. The minimum Gasteiger partial charge on any atom is -0.497 e. The Morgan fingerprint density at radius 1 is 0.833 bits per heavy atom. The zero-order valence-electron chi connectivity index (χ0n) is 16.7. The normalized spacial score (nSPS) is 10.5. The SMILES string of the molecule is COc1cccc(NC(=O)c2ccccc2NC(=O)/C=C/c2ccccc2OC)c1. The number of ether oxygens (including phenoxy) is 2. The van der Waals surface area contributed by atoms with E-state index in [1.165, 1.54) is 6.08 Å². The highest BCUT2D eigenvalue weighted by molar-refractivity contribution is 6.11. The van der Waals surface area contributed by atoms with Gasteiger partial charge in [-0.15, -0.1) is 0 Å². The van der Waals surface area contributed by atoms with Crippen LogP contribution in [-0.2, 0) is 4.79 Å². The minimum atomic E-state index is -0.359. The van der Waals surface area contributed by atoms with Crippen molar-refractivity contribution in [3.8, 4) is 11.5 Å². The molecule has 30 heavy (non-hydrogen) atoms. The van der Waals surface area contributed by atoms with Gasteiger partial charge in [-0.2, -0.15) is 0 Å². The van der Waals surface area contributed by atoms with Crippen LogP contribution < -0.4 is 20.1 Å². The maximum absolute atomic E-state index is 12.7. The van der Waals surface area contributed by atoms with Crippen molar-refractivity contribution >= 4 is 29.3 Å². The number of hydrogen-bond acceptors (Lipinski definition) is 4. The van der Waals surface area contributed by atoms with E-state index < -0.39 is 0 Å². The molecule has 0 aliphatic heterocycles. The summed E-state index contributed by atoms with van der Waals surface area (Å²) in [6.07, 6.45) is 3.06. The van der Waals surface area contributed by atoms with Gasteiger partial charge >= 0.3 is 0 Å². The lowest BCUT2D eigenvalue weighted by molar-refractivity contribution is -0.111. The first-order valence-electron chi connectivity index (χ1n) is 9.27. The van der Waals surface area contributed by atoms with Crippen LogP contribution in [0, 0.1) is 0 Å². The highest BCUT2D eigenvalue weighted by atomic mass is 16.5. The van der Waals surface area contributed by atoms with Gasteiger partial charge in [0, 0.05) is 23.4 Å². The molecule has 3 aromatic rings. The van der Waals surface area contributed by atoms with E-state index in [1.54, 1.807) is 68.8 Å². The van der Waals surface area contributed by atoms with Gasteiger partial charge in [-0.25, -0.2) is 0 Å². The van der Waals surface area contributed by atoms with Crippen molar-refractivity contribution in [2.24, 2.45) is 0 Å². The molecule has 6 heteroatoms. The van der Waals surface area contributed by atoms with E-state index in [2.05, 4.69) is 10.6 Å². The van der Waals surface area contributed by atoms with Gasteiger partial charge in [0.2, 0.25) is 5.91 Å². The molecule has 2 N–H and O–H groups in total. The molecule has 0 aliphatic rings. The molecule has 0 saturated heterocycles. The molecule has 0 spiro atoms. The molecule has 0 aliphatic carbocycles. The van der Waals surface area contributed by atoms with Gasteiger partial charge in [-0.1, -0.05) is 36.4 Å². The Kier molecular flexibility index (Phi) is 6.84. The number of rotatable bonds is 7. The summed E-state index contributed by atoms with van der Waals surface area (Å²) in [5.74, 6) is 0.603. The number of methoxy groups -OCH3 is 2. The average molecular weight is 402 g/mol. The third-order valence-corrected chi connectivity index (χ3v) is 4.31. The Morgan fingerprint density at radius 3 is 2.40 bits per heavy atom. The Balaban J connectivity index is 1.73. The molecule has 0 aromatic heterocycles. The quantitative estimate of drug-likeness (QED) is 0.566. The summed E-state index contributed by atoms with van der Waals surface area (Å²) < 4.78 is 10.4. The van der Waals surface area contributed by atoms with Gasteiger partial charge in [-0.3, -0.25) is 9.59 Å². The van der Waals surface area contributed by atoms with Crippen molar-refractivity contribution in [3.05, 3.63) is 90.0 Å². The predicted molar refractivity (Wildman–Crippen MR) is 118 cm³/mol. The van der Waals surface area contributed by atoms with Crippen molar-refractivity contribution in [2.45, 2.75) is 0 Å². The predicted octanol–water partition coefficient (Wildman–Crippen LogP) is 4.61. The van der Waals surface area contributed by atoms with Crippen LogP contribution in [0.3, 0.4) is 0 Å². The standard InChI is InChI=1S/C24H22N2O4/c1-29-19-10-7-9-18(16-19)25-24(28)20-11-4-5-12-21(20)26-23(27)15-14-17-8-3-6-13-22(17)30-2/h3-16H,1-2H3,(H,25,28)(H,26,27)/b15-14+. The van der Waals surface area contributed by atoms with Gasteiger partial charge in [0.05, 0.1) is 25.5 Å². The van der Waals surface area contributed by atoms with Crippen molar-refractivity contribution in [3.63, 3.8) is 0 Å². The van der Waals surface area contributed by atoms with Crippen LogP contribution in [0.15, 0.2) is 78.9 Å². The molecular weight excluding hydrogens is 380 g/mol. The van der Waals surface area contributed by atoms with Crippen molar-refractivity contribution in [2.75, 3.05) is 24.9 Å². The number of amides is 2. The van der Waals surface area contributed by atoms with E-state index in [-0.39, 0.29) is 11.8 Å². The topological polar surface area (TPSA) is 76.7 Å². The molecule has 0 radical (unpaired) electrons. The summed E-state index contributed by atoms with van der Waals surface area (Å²) in [4.78, 5) is 25.2. The summed E-state index contributed by atoms with van der Waals surface area (Å²) in [7, 11) is 3.13. The lowest BCUT2D eigenvalue weighted by Crippen LogP contribution is -2.17. The number of para-hydroxylation sites is 2. The average Bonchev–Trinajstić information content (AvgIpc) is 2.78. The fraction of sp³-hybridized carbons (Fsp3) is 0.0833. The Morgan fingerprint density at radius 2 is 1.60 bits per heavy atom. The van der Waals surface area contributed by atoms with Gasteiger partial charge in [0.1, 0.15) is 11.5 Å². The summed E-state index contributed by atoms with van der Waals surface area (Å²) in [6.45, 7) is 0. The van der Waals surface area contributed by atoms with Gasteiger partial charge < -0.3 is 20.1 Å². The smallest absolute Gasteiger partial charge is 0.257 e. The van der Waals surface area contributed by atoms with Crippen LogP contribution in [-0.4, -0.2) is 26.0 Å². The molecule has 0 saturated carbocycles. The third kappa shape index (κ3) is 5.26. The maximum atomic E-state index is 12.7. The lowest BCUT2D eigenvalue weighted by atomic mass is 10.1. The molecule has 0 atom stereocenters. The fourth-order valence-corrected chi connectivity index (χ4v) is 2.83. The Labute approximate surface area is 175 Å². The number of anilines is 2. The maximum Gasteiger partial charge on any atom is 0.257 e. The molecule has 2 amide bonds. The fourth-order valence-electron chi connectivity index (χ4n) is 2.83. The van der Waals surface area contributed by atoms with E-state index in [0.717, 1.165) is 5.56 Å². The first-order valence-corrected chi connectivity index (χ1v) is 9.27. The summed E-state index contributed by atoms with van der Waals surface area (Å²) >= 11 is 0. The highest BCUT2D eigenvalue weighted by Gasteiger charge is 2.13. The molecule has 3 aromatic carbocycles. The molecule has 0 bridgehead atoms. The third-order valence-electron chi connectivity index (χ3n) is 4.31. The minimum absolute atomic E-state index is 0.340. The van der Waals surface area contributed by atoms with Crippen LogP contribution in [0.25, 0.3) is 6.08 Å². The molecule has 3 rings (SSSR count). The number of nitrogens with one attached hydrogen (secondary N) is 2. The van der Waals surface area contributed by atoms with Crippen molar-refractivity contribution < 1.29 is 19.1 Å². The second-order valence-corrected chi connectivity index (χ2v) is 6.30. The largest absolute Gasteiger partial charge is 0.497 e. The zero-order valence-corrected chi connectivity index (χ0v) is 16.7. The first kappa shape index (κ1) is 20.7. The molecule has 152 valence electrons. The molecule has 6 nitrogen and oxygen atoms in total. The van der Waals surface area contributed by atoms with Crippen molar-refractivity contribution in [1.29, 1.82) is 0 Å². The summed E-state index contributed by atoms with van der Waals surface area (Å²) in [5, 5.41) is 5.57. The highest BCUT2D eigenvalue weighted by Crippen LogP contribution is 2.21. The van der Waals surface area contributed by atoms with E-state index >= 15 is 0 Å². The second kappa shape index (κ2) is 9.93. The van der Waals surface area contributed by atoms with Gasteiger partial charge in [0.25, 0.3) is 5.91 Å². The van der Waals surface area contributed by atoms with E-state index in [9.17, 15) is 9.59 Å². The summed E-state index contributed by atoms with van der Waals surface area (Å²) in [6, 6.07) is 21.2. The Bertz CT molecular complexity index is 1080. The molecular formula is C24H22N2O4. The van der Waals surface area contributed by atoms with Gasteiger partial charge in [0.15, 0.2) is 0 Å². The zero-order chi connectivity index (χ0) is 21.3. The number of carbonyl (C=O) groups is 2. The van der Waals surface area contributed by atoms with Crippen LogP contribution in [0.2, 0.25) is 0 Å².